The number of thiophene rings is 1. The molecule has 0 radical (unpaired) electrons. The van der Waals surface area contributed by atoms with Crippen LogP contribution in [0.2, 0.25) is 0 Å². The second kappa shape index (κ2) is 8.22. The van der Waals surface area contributed by atoms with Crippen molar-refractivity contribution in [1.82, 2.24) is 14.9 Å². The van der Waals surface area contributed by atoms with E-state index in [0.29, 0.717) is 4.75 Å². The summed E-state index contributed by atoms with van der Waals surface area (Å²) in [5, 5.41) is 7.09. The number of hydrogen-bond acceptors (Lipinski definition) is 7. The second-order valence-corrected chi connectivity index (χ2v) is 9.95. The molecule has 29 heavy (non-hydrogen) atoms. The lowest BCUT2D eigenvalue weighted by Gasteiger charge is -2.26. The van der Waals surface area contributed by atoms with Crippen molar-refractivity contribution >= 4 is 39.1 Å². The Labute approximate surface area is 179 Å². The Kier molecular flexibility index (Phi) is 5.47. The lowest BCUT2D eigenvalue weighted by atomic mass is 10.1. The van der Waals surface area contributed by atoms with Crippen molar-refractivity contribution < 1.29 is 4.74 Å². The second-order valence-electron chi connectivity index (χ2n) is 7.81. The number of morpholine rings is 1. The molecule has 3 aromatic rings. The zero-order chi connectivity index (χ0) is 19.7. The van der Waals surface area contributed by atoms with Gasteiger partial charge in [0.1, 0.15) is 16.5 Å². The summed E-state index contributed by atoms with van der Waals surface area (Å²) in [6, 6.07) is 10.6. The summed E-state index contributed by atoms with van der Waals surface area (Å²) < 4.78 is 5.86. The highest BCUT2D eigenvalue weighted by Gasteiger charge is 2.41. The van der Waals surface area contributed by atoms with Gasteiger partial charge in [-0.3, -0.25) is 4.90 Å². The number of ether oxygens (including phenoxy) is 1. The first-order valence-corrected chi connectivity index (χ1v) is 12.3. The van der Waals surface area contributed by atoms with E-state index in [4.69, 9.17) is 14.7 Å². The van der Waals surface area contributed by atoms with Crippen molar-refractivity contribution in [1.29, 1.82) is 0 Å². The molecular formula is C22H26N4OS2. The Hall–Kier alpha value is -1.67. The maximum atomic E-state index is 5.48. The molecule has 2 aromatic heterocycles. The van der Waals surface area contributed by atoms with Crippen LogP contribution < -0.4 is 5.32 Å². The number of benzene rings is 1. The Bertz CT molecular complexity index is 981. The van der Waals surface area contributed by atoms with E-state index in [2.05, 4.69) is 52.2 Å². The van der Waals surface area contributed by atoms with Gasteiger partial charge >= 0.3 is 0 Å². The molecule has 0 bridgehead atoms. The van der Waals surface area contributed by atoms with Gasteiger partial charge < -0.3 is 10.1 Å². The Morgan fingerprint density at radius 1 is 1.17 bits per heavy atom. The molecule has 0 atom stereocenters. The molecule has 3 heterocycles. The summed E-state index contributed by atoms with van der Waals surface area (Å²) in [5.74, 6) is 1.89. The fourth-order valence-corrected chi connectivity index (χ4v) is 5.50. The highest BCUT2D eigenvalue weighted by Crippen LogP contribution is 2.47. The van der Waals surface area contributed by atoms with Crippen molar-refractivity contribution in [3.05, 3.63) is 41.5 Å². The first-order valence-electron chi connectivity index (χ1n) is 10.2. The third-order valence-corrected chi connectivity index (χ3v) is 8.14. The number of thioether (sulfide) groups is 1. The van der Waals surface area contributed by atoms with Gasteiger partial charge in [0, 0.05) is 35.3 Å². The summed E-state index contributed by atoms with van der Waals surface area (Å²) in [6.45, 7) is 5.21. The smallest absolute Gasteiger partial charge is 0.146 e. The van der Waals surface area contributed by atoms with Crippen LogP contribution in [0.25, 0.3) is 21.3 Å². The first kappa shape index (κ1) is 19.3. The van der Waals surface area contributed by atoms with E-state index in [1.54, 1.807) is 11.3 Å². The molecule has 5 nitrogen and oxygen atoms in total. The average Bonchev–Trinajstić information content (AvgIpc) is 3.43. The Morgan fingerprint density at radius 3 is 2.69 bits per heavy atom. The van der Waals surface area contributed by atoms with E-state index >= 15 is 0 Å². The standard InChI is InChI=1S/C22H26N4OS2/c1-28-22(7-8-22)15-23-20-19-17(16-5-3-2-4-6-16)14-29-21(19)25-18(24-20)13-26-9-11-27-12-10-26/h2-6,14H,7-13,15H2,1H3,(H,23,24,25). The highest BCUT2D eigenvalue weighted by molar-refractivity contribution is 8.00. The maximum Gasteiger partial charge on any atom is 0.146 e. The number of nitrogens with zero attached hydrogens (tertiary/aromatic N) is 3. The van der Waals surface area contributed by atoms with E-state index < -0.39 is 0 Å². The molecule has 1 saturated heterocycles. The van der Waals surface area contributed by atoms with Crippen LogP contribution in [0, 0.1) is 0 Å². The van der Waals surface area contributed by atoms with E-state index in [0.717, 1.165) is 61.3 Å². The molecule has 0 unspecified atom stereocenters. The first-order chi connectivity index (χ1) is 14.3. The van der Waals surface area contributed by atoms with Gasteiger partial charge in [-0.1, -0.05) is 30.3 Å². The molecule has 1 aliphatic carbocycles. The monoisotopic (exact) mass is 426 g/mol. The quantitative estimate of drug-likeness (QED) is 0.600. The topological polar surface area (TPSA) is 50.3 Å². The predicted molar refractivity (Wildman–Crippen MR) is 123 cm³/mol. The van der Waals surface area contributed by atoms with Crippen LogP contribution in [-0.2, 0) is 11.3 Å². The Balaban J connectivity index is 1.51. The van der Waals surface area contributed by atoms with E-state index in [-0.39, 0.29) is 0 Å². The molecule has 1 N–H and O–H groups in total. The van der Waals surface area contributed by atoms with Crippen LogP contribution in [0.5, 0.6) is 0 Å². The van der Waals surface area contributed by atoms with Crippen molar-refractivity contribution in [2.75, 3.05) is 44.4 Å². The van der Waals surface area contributed by atoms with Gasteiger partial charge in [-0.2, -0.15) is 11.8 Å². The largest absolute Gasteiger partial charge is 0.379 e. The summed E-state index contributed by atoms with van der Waals surface area (Å²) in [7, 11) is 0. The van der Waals surface area contributed by atoms with Crippen molar-refractivity contribution in [3.8, 4) is 11.1 Å². The number of fused-ring (bicyclic) bond motifs is 1. The molecule has 2 aliphatic rings. The minimum atomic E-state index is 0.380. The molecule has 0 spiro atoms. The maximum absolute atomic E-state index is 5.48. The third kappa shape index (κ3) is 4.14. The summed E-state index contributed by atoms with van der Waals surface area (Å²) in [5.41, 5.74) is 2.44. The molecule has 1 aliphatic heterocycles. The molecular weight excluding hydrogens is 400 g/mol. The molecule has 5 rings (SSSR count). The molecule has 1 saturated carbocycles. The molecule has 1 aromatic carbocycles. The van der Waals surface area contributed by atoms with Crippen LogP contribution in [0.4, 0.5) is 5.82 Å². The minimum absolute atomic E-state index is 0.380. The number of rotatable bonds is 7. The van der Waals surface area contributed by atoms with Gasteiger partial charge in [0.2, 0.25) is 0 Å². The number of aromatic nitrogens is 2. The highest BCUT2D eigenvalue weighted by atomic mass is 32.2. The van der Waals surface area contributed by atoms with Gasteiger partial charge in [0.15, 0.2) is 0 Å². The molecule has 152 valence electrons. The third-order valence-electron chi connectivity index (χ3n) is 5.85. The zero-order valence-corrected chi connectivity index (χ0v) is 18.3. The predicted octanol–water partition coefficient (Wildman–Crippen LogP) is 4.50. The lowest BCUT2D eigenvalue weighted by Crippen LogP contribution is -2.36. The van der Waals surface area contributed by atoms with Crippen LogP contribution in [0.1, 0.15) is 18.7 Å². The number of nitrogens with one attached hydrogen (secondary N) is 1. The lowest BCUT2D eigenvalue weighted by molar-refractivity contribution is 0.0331. The fraction of sp³-hybridized carbons (Fsp3) is 0.455. The van der Waals surface area contributed by atoms with Crippen LogP contribution in [0.3, 0.4) is 0 Å². The zero-order valence-electron chi connectivity index (χ0n) is 16.7. The molecule has 2 fully saturated rings. The molecule has 7 heteroatoms. The number of hydrogen-bond donors (Lipinski definition) is 1. The fourth-order valence-electron chi connectivity index (χ4n) is 3.81. The van der Waals surface area contributed by atoms with E-state index in [1.807, 2.05) is 11.8 Å². The summed E-state index contributed by atoms with van der Waals surface area (Å²) in [4.78, 5) is 13.4. The average molecular weight is 427 g/mol. The van der Waals surface area contributed by atoms with Crippen molar-refractivity contribution in [3.63, 3.8) is 0 Å². The van der Waals surface area contributed by atoms with E-state index in [9.17, 15) is 0 Å². The van der Waals surface area contributed by atoms with Gasteiger partial charge in [-0.05, 0) is 24.7 Å². The van der Waals surface area contributed by atoms with Crippen LogP contribution in [-0.4, -0.2) is 58.7 Å². The van der Waals surface area contributed by atoms with E-state index in [1.165, 1.54) is 24.0 Å². The minimum Gasteiger partial charge on any atom is -0.379 e. The van der Waals surface area contributed by atoms with Crippen molar-refractivity contribution in [2.45, 2.75) is 24.1 Å². The SMILES string of the molecule is CSC1(CNc2nc(CN3CCOCC3)nc3scc(-c4ccccc4)c23)CC1. The van der Waals surface area contributed by atoms with Crippen molar-refractivity contribution in [2.24, 2.45) is 0 Å². The van der Waals surface area contributed by atoms with Crippen LogP contribution in [0.15, 0.2) is 35.7 Å². The van der Waals surface area contributed by atoms with Gasteiger partial charge in [0.25, 0.3) is 0 Å². The summed E-state index contributed by atoms with van der Waals surface area (Å²) in [6.07, 6.45) is 4.78. The normalized spacial score (nSPS) is 18.8. The van der Waals surface area contributed by atoms with Gasteiger partial charge in [0.05, 0.1) is 25.1 Å². The molecule has 0 amide bonds. The number of anilines is 1. The van der Waals surface area contributed by atoms with Gasteiger partial charge in [-0.15, -0.1) is 11.3 Å². The van der Waals surface area contributed by atoms with Gasteiger partial charge in [-0.25, -0.2) is 9.97 Å². The summed E-state index contributed by atoms with van der Waals surface area (Å²) >= 11 is 3.69. The Morgan fingerprint density at radius 2 is 1.97 bits per heavy atom. The van der Waals surface area contributed by atoms with Crippen LogP contribution >= 0.6 is 23.1 Å².